The van der Waals surface area contributed by atoms with E-state index in [1.165, 1.54) is 16.6 Å². The lowest BCUT2D eigenvalue weighted by Crippen LogP contribution is -2.27. The van der Waals surface area contributed by atoms with Crippen LogP contribution in [0.1, 0.15) is 18.7 Å². The first-order valence-electron chi connectivity index (χ1n) is 7.32. The molecule has 0 bridgehead atoms. The molecule has 10 heteroatoms. The molecule has 0 radical (unpaired) electrons. The maximum absolute atomic E-state index is 12.6. The van der Waals surface area contributed by atoms with E-state index in [0.717, 1.165) is 12.8 Å². The SMILES string of the molecule is N#CC(=CNc1cccc(S(=O)(=O)N2CCCC2)c1)c1nn[nH]n1. The Hall–Kier alpha value is -2.77. The van der Waals surface area contributed by atoms with E-state index in [-0.39, 0.29) is 16.3 Å². The number of sulfonamides is 1. The van der Waals surface area contributed by atoms with Crippen LogP contribution in [0.3, 0.4) is 0 Å². The van der Waals surface area contributed by atoms with Gasteiger partial charge in [-0.05, 0) is 36.3 Å². The van der Waals surface area contributed by atoms with E-state index >= 15 is 0 Å². The van der Waals surface area contributed by atoms with Gasteiger partial charge in [-0.1, -0.05) is 6.07 Å². The molecule has 0 amide bonds. The molecule has 0 aliphatic carbocycles. The van der Waals surface area contributed by atoms with Gasteiger partial charge in [-0.2, -0.15) is 14.8 Å². The summed E-state index contributed by atoms with van der Waals surface area (Å²) in [5.41, 5.74) is 0.725. The molecule has 0 atom stereocenters. The highest BCUT2D eigenvalue weighted by molar-refractivity contribution is 7.89. The van der Waals surface area contributed by atoms with Crippen LogP contribution in [-0.2, 0) is 10.0 Å². The number of benzene rings is 1. The lowest BCUT2D eigenvalue weighted by Gasteiger charge is -2.16. The summed E-state index contributed by atoms with van der Waals surface area (Å²) < 4.78 is 26.6. The van der Waals surface area contributed by atoms with Gasteiger partial charge in [0.15, 0.2) is 0 Å². The fraction of sp³-hybridized carbons (Fsp3) is 0.286. The summed E-state index contributed by atoms with van der Waals surface area (Å²) in [5.74, 6) is 0.158. The Morgan fingerprint density at radius 3 is 2.83 bits per heavy atom. The van der Waals surface area contributed by atoms with Gasteiger partial charge in [0.2, 0.25) is 15.8 Å². The molecule has 1 aromatic heterocycles. The Morgan fingerprint density at radius 2 is 2.17 bits per heavy atom. The molecule has 0 spiro atoms. The number of allylic oxidation sites excluding steroid dienone is 1. The van der Waals surface area contributed by atoms with Gasteiger partial charge < -0.3 is 5.32 Å². The van der Waals surface area contributed by atoms with E-state index < -0.39 is 10.0 Å². The molecule has 124 valence electrons. The molecule has 9 nitrogen and oxygen atoms in total. The average Bonchev–Trinajstić information content (AvgIpc) is 3.30. The Balaban J connectivity index is 1.82. The first-order valence-corrected chi connectivity index (χ1v) is 8.76. The summed E-state index contributed by atoms with van der Waals surface area (Å²) in [6, 6.07) is 8.42. The first kappa shape index (κ1) is 16.1. The quantitative estimate of drug-likeness (QED) is 0.772. The van der Waals surface area contributed by atoms with Crippen LogP contribution >= 0.6 is 0 Å². The highest BCUT2D eigenvalue weighted by Gasteiger charge is 2.27. The molecule has 2 heterocycles. The van der Waals surface area contributed by atoms with Gasteiger partial charge in [0.1, 0.15) is 11.6 Å². The maximum Gasteiger partial charge on any atom is 0.243 e. The van der Waals surface area contributed by atoms with Gasteiger partial charge in [0.05, 0.1) is 4.90 Å². The fourth-order valence-corrected chi connectivity index (χ4v) is 3.97. The molecule has 3 rings (SSSR count). The Bertz CT molecular complexity index is 878. The molecule has 24 heavy (non-hydrogen) atoms. The summed E-state index contributed by atoms with van der Waals surface area (Å²) in [4.78, 5) is 0.223. The Kier molecular flexibility index (Phi) is 4.54. The predicted molar refractivity (Wildman–Crippen MR) is 85.8 cm³/mol. The number of nitrogens with zero attached hydrogens (tertiary/aromatic N) is 5. The Morgan fingerprint density at radius 1 is 1.38 bits per heavy atom. The topological polar surface area (TPSA) is 128 Å². The normalized spacial score (nSPS) is 16.0. The van der Waals surface area contributed by atoms with E-state index in [1.807, 2.05) is 6.07 Å². The van der Waals surface area contributed by atoms with E-state index in [2.05, 4.69) is 25.9 Å². The molecule has 0 saturated carbocycles. The van der Waals surface area contributed by atoms with Gasteiger partial charge >= 0.3 is 0 Å². The van der Waals surface area contributed by atoms with Crippen LogP contribution in [0.25, 0.3) is 5.57 Å². The van der Waals surface area contributed by atoms with Crippen LogP contribution in [0, 0.1) is 11.3 Å². The molecule has 1 fully saturated rings. The lowest BCUT2D eigenvalue weighted by atomic mass is 10.3. The molecular weight excluding hydrogens is 330 g/mol. The van der Waals surface area contributed by atoms with Crippen LogP contribution in [0.15, 0.2) is 35.4 Å². The third kappa shape index (κ3) is 3.27. The number of hydrogen-bond acceptors (Lipinski definition) is 7. The van der Waals surface area contributed by atoms with Crippen LogP contribution in [0.5, 0.6) is 0 Å². The minimum absolute atomic E-state index is 0.158. The van der Waals surface area contributed by atoms with Gasteiger partial charge in [-0.15, -0.1) is 10.2 Å². The highest BCUT2D eigenvalue weighted by Crippen LogP contribution is 2.23. The van der Waals surface area contributed by atoms with E-state index in [4.69, 9.17) is 5.26 Å². The number of aromatic nitrogens is 4. The third-order valence-electron chi connectivity index (χ3n) is 3.63. The standard InChI is InChI=1S/C14H15N7O2S/c15-9-11(14-17-19-20-18-14)10-16-12-4-3-5-13(8-12)24(22,23)21-6-1-2-7-21/h3-5,8,10,16H,1-2,6-7H2,(H,17,18,19,20). The summed E-state index contributed by atoms with van der Waals surface area (Å²) >= 11 is 0. The van der Waals surface area contributed by atoms with Crippen molar-refractivity contribution in [2.24, 2.45) is 0 Å². The van der Waals surface area contributed by atoms with E-state index in [0.29, 0.717) is 18.8 Å². The predicted octanol–water partition coefficient (Wildman–Crippen LogP) is 0.961. The number of hydrogen-bond donors (Lipinski definition) is 2. The molecule has 2 N–H and O–H groups in total. The summed E-state index contributed by atoms with van der Waals surface area (Å²) in [5, 5.41) is 25.1. The van der Waals surface area contributed by atoms with Crippen LogP contribution in [-0.4, -0.2) is 46.4 Å². The molecule has 2 aromatic rings. The van der Waals surface area contributed by atoms with Crippen molar-refractivity contribution in [2.45, 2.75) is 17.7 Å². The zero-order chi connectivity index (χ0) is 17.0. The highest BCUT2D eigenvalue weighted by atomic mass is 32.2. The molecule has 0 unspecified atom stereocenters. The third-order valence-corrected chi connectivity index (χ3v) is 5.52. The minimum Gasteiger partial charge on any atom is -0.360 e. The number of tetrazole rings is 1. The molecular formula is C14H15N7O2S. The van der Waals surface area contributed by atoms with Gasteiger partial charge in [-0.3, -0.25) is 0 Å². The summed E-state index contributed by atoms with van der Waals surface area (Å²) in [6.07, 6.45) is 3.18. The second-order valence-electron chi connectivity index (χ2n) is 5.19. The molecule has 1 saturated heterocycles. The van der Waals surface area contributed by atoms with Crippen molar-refractivity contribution in [1.82, 2.24) is 24.9 Å². The number of H-pyrrole nitrogens is 1. The Labute approximate surface area is 139 Å². The van der Waals surface area contributed by atoms with Crippen molar-refractivity contribution in [3.05, 3.63) is 36.3 Å². The van der Waals surface area contributed by atoms with E-state index in [9.17, 15) is 8.42 Å². The van der Waals surface area contributed by atoms with Crippen LogP contribution in [0.2, 0.25) is 0 Å². The second kappa shape index (κ2) is 6.77. The number of aromatic amines is 1. The number of rotatable bonds is 5. The van der Waals surface area contributed by atoms with Crippen LogP contribution < -0.4 is 5.32 Å². The summed E-state index contributed by atoms with van der Waals surface area (Å²) in [6.45, 7) is 1.10. The van der Waals surface area contributed by atoms with Gasteiger partial charge in [-0.25, -0.2) is 8.42 Å². The van der Waals surface area contributed by atoms with Crippen molar-refractivity contribution in [3.8, 4) is 6.07 Å². The number of anilines is 1. The molecule has 1 aliphatic heterocycles. The maximum atomic E-state index is 12.6. The van der Waals surface area contributed by atoms with Crippen molar-refractivity contribution in [3.63, 3.8) is 0 Å². The van der Waals surface area contributed by atoms with Crippen LogP contribution in [0.4, 0.5) is 5.69 Å². The van der Waals surface area contributed by atoms with Crippen molar-refractivity contribution >= 4 is 21.3 Å². The largest absolute Gasteiger partial charge is 0.360 e. The number of nitrogens with one attached hydrogen (secondary N) is 2. The van der Waals surface area contributed by atoms with Gasteiger partial charge in [0, 0.05) is 25.0 Å². The number of nitriles is 1. The molecule has 1 aliphatic rings. The molecule has 1 aromatic carbocycles. The summed E-state index contributed by atoms with van der Waals surface area (Å²) in [7, 11) is -3.48. The first-order chi connectivity index (χ1) is 11.6. The zero-order valence-electron chi connectivity index (χ0n) is 12.7. The monoisotopic (exact) mass is 345 g/mol. The van der Waals surface area contributed by atoms with E-state index in [1.54, 1.807) is 18.2 Å². The van der Waals surface area contributed by atoms with Gasteiger partial charge in [0.25, 0.3) is 0 Å². The zero-order valence-corrected chi connectivity index (χ0v) is 13.5. The minimum atomic E-state index is -3.48. The smallest absolute Gasteiger partial charge is 0.243 e. The second-order valence-corrected chi connectivity index (χ2v) is 7.13. The lowest BCUT2D eigenvalue weighted by molar-refractivity contribution is 0.477. The van der Waals surface area contributed by atoms with Crippen molar-refractivity contribution < 1.29 is 8.42 Å². The fourth-order valence-electron chi connectivity index (χ4n) is 2.40. The average molecular weight is 345 g/mol. The van der Waals surface area contributed by atoms with Crippen molar-refractivity contribution in [2.75, 3.05) is 18.4 Å². The van der Waals surface area contributed by atoms with Crippen molar-refractivity contribution in [1.29, 1.82) is 5.26 Å².